The van der Waals surface area contributed by atoms with E-state index in [1.165, 1.54) is 11.1 Å². The van der Waals surface area contributed by atoms with Gasteiger partial charge in [-0.15, -0.1) is 0 Å². The summed E-state index contributed by atoms with van der Waals surface area (Å²) in [5, 5.41) is 3.61. The third-order valence-electron chi connectivity index (χ3n) is 4.32. The molecule has 3 nitrogen and oxygen atoms in total. The molecular formula is C16H23NO2. The zero-order chi connectivity index (χ0) is 13.3. The maximum Gasteiger partial charge on any atom is 0.122 e. The van der Waals surface area contributed by atoms with Gasteiger partial charge in [0.2, 0.25) is 0 Å². The van der Waals surface area contributed by atoms with Crippen molar-refractivity contribution in [3.63, 3.8) is 0 Å². The van der Waals surface area contributed by atoms with Crippen LogP contribution >= 0.6 is 0 Å². The molecule has 3 heteroatoms. The first-order valence-corrected chi connectivity index (χ1v) is 7.36. The summed E-state index contributed by atoms with van der Waals surface area (Å²) in [6, 6.07) is 6.86. The second kappa shape index (κ2) is 5.14. The second-order valence-corrected chi connectivity index (χ2v) is 5.72. The van der Waals surface area contributed by atoms with Crippen LogP contribution in [0, 0.1) is 0 Å². The Hall–Kier alpha value is -1.06. The molecule has 19 heavy (non-hydrogen) atoms. The zero-order valence-electron chi connectivity index (χ0n) is 11.9. The van der Waals surface area contributed by atoms with Crippen LogP contribution in [0.15, 0.2) is 18.2 Å². The summed E-state index contributed by atoms with van der Waals surface area (Å²) in [4.78, 5) is 0. The summed E-state index contributed by atoms with van der Waals surface area (Å²) >= 11 is 0. The lowest BCUT2D eigenvalue weighted by Crippen LogP contribution is -2.41. The number of nitrogens with one attached hydrogen (secondary N) is 1. The molecule has 3 rings (SSSR count). The van der Waals surface area contributed by atoms with E-state index >= 15 is 0 Å². The van der Waals surface area contributed by atoms with Crippen LogP contribution in [0.5, 0.6) is 5.75 Å². The van der Waals surface area contributed by atoms with E-state index in [1.807, 2.05) is 0 Å². The molecule has 0 saturated carbocycles. The van der Waals surface area contributed by atoms with Gasteiger partial charge in [0.25, 0.3) is 0 Å². The Labute approximate surface area is 115 Å². The number of hydrogen-bond acceptors (Lipinski definition) is 3. The number of hydrogen-bond donors (Lipinski definition) is 1. The predicted octanol–water partition coefficient (Wildman–Crippen LogP) is 2.84. The molecule has 104 valence electrons. The Balaban J connectivity index is 1.91. The SMILES string of the molecule is CCNC(c1ccc2c(c1)CCO2)C1(C)CCCO1. The summed E-state index contributed by atoms with van der Waals surface area (Å²) in [7, 11) is 0. The third kappa shape index (κ3) is 2.37. The van der Waals surface area contributed by atoms with Gasteiger partial charge >= 0.3 is 0 Å². The molecule has 2 aliphatic rings. The molecule has 2 heterocycles. The summed E-state index contributed by atoms with van der Waals surface area (Å²) in [5.74, 6) is 1.05. The Kier molecular flexibility index (Phi) is 3.50. The van der Waals surface area contributed by atoms with E-state index in [2.05, 4.69) is 37.4 Å². The molecular weight excluding hydrogens is 238 g/mol. The Morgan fingerprint density at radius 3 is 3.00 bits per heavy atom. The van der Waals surface area contributed by atoms with Crippen molar-refractivity contribution in [2.75, 3.05) is 19.8 Å². The minimum Gasteiger partial charge on any atom is -0.493 e. The van der Waals surface area contributed by atoms with Crippen LogP contribution in [-0.4, -0.2) is 25.4 Å². The smallest absolute Gasteiger partial charge is 0.122 e. The van der Waals surface area contributed by atoms with E-state index < -0.39 is 0 Å². The summed E-state index contributed by atoms with van der Waals surface area (Å²) in [5.41, 5.74) is 2.58. The normalized spacial score (nSPS) is 27.1. The molecule has 0 bridgehead atoms. The Bertz CT molecular complexity index is 452. The minimum atomic E-state index is -0.0797. The van der Waals surface area contributed by atoms with E-state index in [0.29, 0.717) is 0 Å². The van der Waals surface area contributed by atoms with Gasteiger partial charge in [0, 0.05) is 13.0 Å². The third-order valence-corrected chi connectivity index (χ3v) is 4.32. The van der Waals surface area contributed by atoms with Crippen molar-refractivity contribution in [3.05, 3.63) is 29.3 Å². The Morgan fingerprint density at radius 2 is 2.26 bits per heavy atom. The topological polar surface area (TPSA) is 30.5 Å². The van der Waals surface area contributed by atoms with E-state index in [4.69, 9.17) is 9.47 Å². The molecule has 0 radical (unpaired) electrons. The van der Waals surface area contributed by atoms with E-state index in [1.54, 1.807) is 0 Å². The van der Waals surface area contributed by atoms with Crippen LogP contribution in [0.2, 0.25) is 0 Å². The lowest BCUT2D eigenvalue weighted by atomic mass is 9.87. The molecule has 2 aliphatic heterocycles. The largest absolute Gasteiger partial charge is 0.493 e. The molecule has 1 saturated heterocycles. The van der Waals surface area contributed by atoms with Crippen molar-refractivity contribution in [2.45, 2.75) is 44.8 Å². The first-order valence-electron chi connectivity index (χ1n) is 7.36. The van der Waals surface area contributed by atoms with Gasteiger partial charge in [-0.3, -0.25) is 0 Å². The maximum atomic E-state index is 6.04. The predicted molar refractivity (Wildman–Crippen MR) is 75.6 cm³/mol. The second-order valence-electron chi connectivity index (χ2n) is 5.72. The van der Waals surface area contributed by atoms with Crippen molar-refractivity contribution in [2.24, 2.45) is 0 Å². The van der Waals surface area contributed by atoms with Gasteiger partial charge in [-0.1, -0.05) is 19.1 Å². The lowest BCUT2D eigenvalue weighted by molar-refractivity contribution is -0.0121. The molecule has 0 spiro atoms. The monoisotopic (exact) mass is 261 g/mol. The number of fused-ring (bicyclic) bond motifs is 1. The highest BCUT2D eigenvalue weighted by atomic mass is 16.5. The lowest BCUT2D eigenvalue weighted by Gasteiger charge is -2.34. The molecule has 0 amide bonds. The average molecular weight is 261 g/mol. The van der Waals surface area contributed by atoms with Crippen LogP contribution in [0.1, 0.15) is 43.9 Å². The van der Waals surface area contributed by atoms with Crippen molar-refractivity contribution in [3.8, 4) is 5.75 Å². The summed E-state index contributed by atoms with van der Waals surface area (Å²) in [6.07, 6.45) is 3.31. The highest BCUT2D eigenvalue weighted by molar-refractivity contribution is 5.41. The number of benzene rings is 1. The van der Waals surface area contributed by atoms with Gasteiger partial charge in [-0.2, -0.15) is 0 Å². The molecule has 0 aromatic heterocycles. The zero-order valence-corrected chi connectivity index (χ0v) is 11.9. The molecule has 1 aromatic rings. The molecule has 1 fully saturated rings. The van der Waals surface area contributed by atoms with Gasteiger partial charge in [-0.25, -0.2) is 0 Å². The van der Waals surface area contributed by atoms with E-state index in [0.717, 1.165) is 44.8 Å². The molecule has 2 atom stereocenters. The van der Waals surface area contributed by atoms with Gasteiger partial charge in [-0.05, 0) is 43.5 Å². The minimum absolute atomic E-state index is 0.0797. The summed E-state index contributed by atoms with van der Waals surface area (Å²) in [6.45, 7) is 7.04. The van der Waals surface area contributed by atoms with Crippen LogP contribution in [-0.2, 0) is 11.2 Å². The highest BCUT2D eigenvalue weighted by Crippen LogP contribution is 2.39. The fourth-order valence-corrected chi connectivity index (χ4v) is 3.30. The van der Waals surface area contributed by atoms with Crippen molar-refractivity contribution >= 4 is 0 Å². The van der Waals surface area contributed by atoms with Crippen molar-refractivity contribution < 1.29 is 9.47 Å². The molecule has 1 N–H and O–H groups in total. The van der Waals surface area contributed by atoms with Crippen molar-refractivity contribution in [1.82, 2.24) is 5.32 Å². The fourth-order valence-electron chi connectivity index (χ4n) is 3.30. The van der Waals surface area contributed by atoms with E-state index in [9.17, 15) is 0 Å². The van der Waals surface area contributed by atoms with Crippen LogP contribution < -0.4 is 10.1 Å². The first kappa shape index (κ1) is 12.9. The fraction of sp³-hybridized carbons (Fsp3) is 0.625. The van der Waals surface area contributed by atoms with E-state index in [-0.39, 0.29) is 11.6 Å². The Morgan fingerprint density at radius 1 is 1.37 bits per heavy atom. The number of rotatable bonds is 4. The highest BCUT2D eigenvalue weighted by Gasteiger charge is 2.39. The maximum absolute atomic E-state index is 6.04. The number of ether oxygens (including phenoxy) is 2. The van der Waals surface area contributed by atoms with Gasteiger partial charge in [0.1, 0.15) is 5.75 Å². The van der Waals surface area contributed by atoms with Crippen LogP contribution in [0.25, 0.3) is 0 Å². The average Bonchev–Trinajstić information content (AvgIpc) is 3.04. The standard InChI is InChI=1S/C16H23NO2/c1-3-17-15(16(2)8-4-9-19-16)13-5-6-14-12(11-13)7-10-18-14/h5-6,11,15,17H,3-4,7-10H2,1-2H3. The molecule has 0 aliphatic carbocycles. The van der Waals surface area contributed by atoms with Crippen molar-refractivity contribution in [1.29, 1.82) is 0 Å². The quantitative estimate of drug-likeness (QED) is 0.904. The summed E-state index contributed by atoms with van der Waals surface area (Å²) < 4.78 is 11.6. The molecule has 1 aromatic carbocycles. The van der Waals surface area contributed by atoms with Crippen LogP contribution in [0.3, 0.4) is 0 Å². The number of likely N-dealkylation sites (N-methyl/N-ethyl adjacent to an activating group) is 1. The first-order chi connectivity index (χ1) is 9.23. The van der Waals surface area contributed by atoms with Gasteiger partial charge in [0.05, 0.1) is 18.2 Å². The van der Waals surface area contributed by atoms with Gasteiger partial charge < -0.3 is 14.8 Å². The molecule has 2 unspecified atom stereocenters. The van der Waals surface area contributed by atoms with Crippen LogP contribution in [0.4, 0.5) is 0 Å². The van der Waals surface area contributed by atoms with Gasteiger partial charge in [0.15, 0.2) is 0 Å².